The number of carbonyl (C=O) groups excluding carboxylic acids is 3. The number of aliphatic hydroxyl groups is 2. The predicted molar refractivity (Wildman–Crippen MR) is 123 cm³/mol. The van der Waals surface area contributed by atoms with Crippen molar-refractivity contribution in [2.24, 2.45) is 11.7 Å². The lowest BCUT2D eigenvalue weighted by Crippen LogP contribution is -2.64. The van der Waals surface area contributed by atoms with Crippen LogP contribution < -0.4 is 5.73 Å². The highest BCUT2D eigenvalue weighted by Gasteiger charge is 2.62. The van der Waals surface area contributed by atoms with Crippen molar-refractivity contribution in [2.45, 2.75) is 25.0 Å². The summed E-state index contributed by atoms with van der Waals surface area (Å²) >= 11 is 2.05. The number of nitrogens with zero attached hydrogens (tertiary/aromatic N) is 1. The van der Waals surface area contributed by atoms with Crippen molar-refractivity contribution >= 4 is 50.8 Å². The second-order valence-electron chi connectivity index (χ2n) is 8.41. The van der Waals surface area contributed by atoms with Crippen LogP contribution in [0.3, 0.4) is 0 Å². The number of halogens is 1. The number of hydrogen-bond acceptors (Lipinski definition) is 8. The first-order valence-corrected chi connectivity index (χ1v) is 10.8. The van der Waals surface area contributed by atoms with Gasteiger partial charge >= 0.3 is 0 Å². The third kappa shape index (κ3) is 2.66. The molecule has 10 heteroatoms. The van der Waals surface area contributed by atoms with Crippen molar-refractivity contribution in [1.82, 2.24) is 4.90 Å². The Morgan fingerprint density at radius 2 is 1.81 bits per heavy atom. The predicted octanol–water partition coefficient (Wildman–Crippen LogP) is 1.06. The fourth-order valence-corrected chi connectivity index (χ4v) is 5.95. The van der Waals surface area contributed by atoms with Crippen molar-refractivity contribution in [1.29, 1.82) is 0 Å². The largest absolute Gasteiger partial charge is 0.508 e. The highest BCUT2D eigenvalue weighted by Crippen LogP contribution is 2.51. The summed E-state index contributed by atoms with van der Waals surface area (Å²) < 4.78 is 0.724. The minimum Gasteiger partial charge on any atom is -0.508 e. The van der Waals surface area contributed by atoms with Crippen LogP contribution in [0.25, 0.3) is 10.8 Å². The Bertz CT molecular complexity index is 1280. The highest BCUT2D eigenvalue weighted by molar-refractivity contribution is 14.1. The van der Waals surface area contributed by atoms with Gasteiger partial charge in [-0.25, -0.2) is 0 Å². The van der Waals surface area contributed by atoms with Gasteiger partial charge in [0.1, 0.15) is 22.8 Å². The topological polar surface area (TPSA) is 161 Å². The summed E-state index contributed by atoms with van der Waals surface area (Å²) in [5.41, 5.74) is 2.52. The number of aromatic hydroxyl groups is 2. The second-order valence-corrected chi connectivity index (χ2v) is 9.57. The number of fused-ring (bicyclic) bond motifs is 3. The number of amides is 1. The monoisotopic (exact) mass is 552 g/mol. The number of nitrogens with two attached hydrogens (primary N) is 1. The van der Waals surface area contributed by atoms with Crippen LogP contribution in [-0.2, 0) is 16.0 Å². The molecule has 0 unspecified atom stereocenters. The maximum Gasteiger partial charge on any atom is 0.255 e. The summed E-state index contributed by atoms with van der Waals surface area (Å²) in [4.78, 5) is 40.1. The lowest BCUT2D eigenvalue weighted by Gasteiger charge is -2.47. The van der Waals surface area contributed by atoms with Gasteiger partial charge in [-0.1, -0.05) is 0 Å². The first-order chi connectivity index (χ1) is 14.8. The number of ketones is 2. The van der Waals surface area contributed by atoms with Gasteiger partial charge in [0.15, 0.2) is 11.4 Å². The number of phenolic OH excluding ortho intramolecular Hbond substituents is 2. The number of aliphatic hydroxyl groups excluding tert-OH is 1. The lowest BCUT2D eigenvalue weighted by atomic mass is 9.61. The van der Waals surface area contributed by atoms with E-state index in [4.69, 9.17) is 5.73 Å². The summed E-state index contributed by atoms with van der Waals surface area (Å²) in [6, 6.07) is 1.92. The van der Waals surface area contributed by atoms with E-state index >= 15 is 0 Å². The first kappa shape index (κ1) is 22.5. The van der Waals surface area contributed by atoms with Crippen LogP contribution in [0.2, 0.25) is 0 Å². The number of phenols is 2. The fraction of sp³-hybridized carbons (Fsp3) is 0.318. The number of hydrogen-bond donors (Lipinski definition) is 5. The average Bonchev–Trinajstić information content (AvgIpc) is 2.69. The van der Waals surface area contributed by atoms with Crippen LogP contribution in [0.4, 0.5) is 0 Å². The van der Waals surface area contributed by atoms with Crippen molar-refractivity contribution in [2.75, 3.05) is 14.1 Å². The van der Waals surface area contributed by atoms with E-state index in [1.165, 1.54) is 11.0 Å². The van der Waals surface area contributed by atoms with E-state index in [1.54, 1.807) is 27.1 Å². The molecule has 2 aliphatic carbocycles. The molecule has 0 aliphatic heterocycles. The number of carbonyl (C=O) groups is 3. The molecule has 2 aliphatic rings. The van der Waals surface area contributed by atoms with Gasteiger partial charge in [0, 0.05) is 14.9 Å². The van der Waals surface area contributed by atoms with E-state index in [9.17, 15) is 34.8 Å². The number of likely N-dealkylation sites (N-methyl/N-ethyl adjacent to an activating group) is 1. The molecule has 0 radical (unpaired) electrons. The Kier molecular flexibility index (Phi) is 5.03. The van der Waals surface area contributed by atoms with Crippen LogP contribution in [0.15, 0.2) is 23.5 Å². The van der Waals surface area contributed by atoms with Crippen LogP contribution in [0, 0.1) is 16.4 Å². The average molecular weight is 552 g/mol. The van der Waals surface area contributed by atoms with E-state index in [0.717, 1.165) is 3.57 Å². The fourth-order valence-electron chi connectivity index (χ4n) is 5.10. The molecule has 0 saturated heterocycles. The van der Waals surface area contributed by atoms with Gasteiger partial charge in [-0.2, -0.15) is 0 Å². The van der Waals surface area contributed by atoms with Gasteiger partial charge < -0.3 is 26.2 Å². The molecule has 2 aromatic rings. The smallest absolute Gasteiger partial charge is 0.255 e. The van der Waals surface area contributed by atoms with Gasteiger partial charge in [0.05, 0.1) is 17.0 Å². The molecule has 9 nitrogen and oxygen atoms in total. The number of Topliss-reactive ketones (excluding diaryl/α,β-unsaturated/α-hetero) is 2. The van der Waals surface area contributed by atoms with Crippen LogP contribution >= 0.6 is 22.6 Å². The molecule has 4 rings (SSSR count). The van der Waals surface area contributed by atoms with E-state index in [-0.39, 0.29) is 23.1 Å². The van der Waals surface area contributed by atoms with E-state index < -0.39 is 52.1 Å². The minimum absolute atomic E-state index is 0.0400. The molecular weight excluding hydrogens is 531 g/mol. The molecule has 32 heavy (non-hydrogen) atoms. The van der Waals surface area contributed by atoms with E-state index in [2.05, 4.69) is 22.6 Å². The molecule has 3 atom stereocenters. The Labute approximate surface area is 196 Å². The molecule has 0 saturated carbocycles. The minimum atomic E-state index is -2.66. The van der Waals surface area contributed by atoms with Gasteiger partial charge in [-0.15, -0.1) is 0 Å². The number of benzene rings is 2. The summed E-state index contributed by atoms with van der Waals surface area (Å²) in [7, 11) is 3.10. The van der Waals surface area contributed by atoms with Gasteiger partial charge in [-0.3, -0.25) is 19.3 Å². The summed E-state index contributed by atoms with van der Waals surface area (Å²) in [5.74, 6) is -6.18. The molecule has 0 spiro atoms. The second kappa shape index (κ2) is 7.15. The van der Waals surface area contributed by atoms with Gasteiger partial charge in [0.2, 0.25) is 5.78 Å². The van der Waals surface area contributed by atoms with Crippen molar-refractivity contribution in [3.05, 3.63) is 43.7 Å². The lowest BCUT2D eigenvalue weighted by molar-refractivity contribution is -0.132. The Morgan fingerprint density at radius 3 is 2.38 bits per heavy atom. The molecule has 2 aromatic carbocycles. The van der Waals surface area contributed by atoms with Crippen LogP contribution in [-0.4, -0.2) is 68.5 Å². The van der Waals surface area contributed by atoms with Crippen LogP contribution in [0.5, 0.6) is 11.5 Å². The zero-order valence-corrected chi connectivity index (χ0v) is 19.6. The molecule has 0 bridgehead atoms. The molecule has 168 valence electrons. The maximum absolute atomic E-state index is 13.7. The standard InChI is InChI=1S/C22H21IN2O7/c1-7-8-6-9-16(25(2)3)18(28)15(21(24)31)20(30)22(9,32)19(29)13(8)17(27)14-11(26)5-4-10(23)12(7)14/h4-5,9,16,26-27,30,32H,6H2,1-3H3,(H2,24,31)/t9-,16-,22-/m0/s1. The number of aryl methyl sites for hydroxylation is 1. The SMILES string of the molecule is Cc1c2c(c(O)c3c(O)ccc(I)c13)C(=O)[C@]1(O)C(O)=C(C(N)=O)C(=O)[C@@H](N(C)C)[C@@H]1C2. The zero-order chi connectivity index (χ0) is 23.9. The van der Waals surface area contributed by atoms with E-state index in [0.29, 0.717) is 16.5 Å². The Hall–Kier alpha value is -2.70. The summed E-state index contributed by atoms with van der Waals surface area (Å²) in [6.07, 6.45) is -0.0523. The number of rotatable bonds is 2. The molecular formula is C22H21IN2O7. The molecule has 0 fully saturated rings. The molecule has 0 aromatic heterocycles. The third-order valence-electron chi connectivity index (χ3n) is 6.57. The summed E-state index contributed by atoms with van der Waals surface area (Å²) in [6.45, 7) is 1.72. The Balaban J connectivity index is 2.13. The molecule has 0 heterocycles. The number of primary amides is 1. The van der Waals surface area contributed by atoms with Gasteiger partial charge in [-0.05, 0) is 73.3 Å². The summed E-state index contributed by atoms with van der Waals surface area (Å²) in [5, 5.41) is 44.3. The van der Waals surface area contributed by atoms with Gasteiger partial charge in [0.25, 0.3) is 5.91 Å². The normalized spacial score (nSPS) is 25.3. The zero-order valence-electron chi connectivity index (χ0n) is 17.4. The van der Waals surface area contributed by atoms with Crippen molar-refractivity contribution < 1.29 is 34.8 Å². The molecule has 1 amide bonds. The van der Waals surface area contributed by atoms with Crippen LogP contribution in [0.1, 0.15) is 21.5 Å². The molecule has 6 N–H and O–H groups in total. The quantitative estimate of drug-likeness (QED) is 0.273. The highest BCUT2D eigenvalue weighted by atomic mass is 127. The first-order valence-electron chi connectivity index (χ1n) is 9.72. The third-order valence-corrected chi connectivity index (χ3v) is 7.47. The van der Waals surface area contributed by atoms with Crippen molar-refractivity contribution in [3.63, 3.8) is 0 Å². The maximum atomic E-state index is 13.7. The Morgan fingerprint density at radius 1 is 1.19 bits per heavy atom. The van der Waals surface area contributed by atoms with E-state index in [1.807, 2.05) is 0 Å². The van der Waals surface area contributed by atoms with Crippen molar-refractivity contribution in [3.8, 4) is 11.5 Å².